The van der Waals surface area contributed by atoms with E-state index in [0.717, 1.165) is 4.73 Å². The molecule has 0 saturated carbocycles. The Balaban J connectivity index is 3.17. The molecular weight excluding hydrogens is 140 g/mol. The van der Waals surface area contributed by atoms with E-state index in [0.29, 0.717) is 5.02 Å². The molecule has 0 radical (unpaired) electrons. The van der Waals surface area contributed by atoms with Crippen LogP contribution in [0, 0.1) is 0 Å². The van der Waals surface area contributed by atoms with Gasteiger partial charge in [-0.1, -0.05) is 16.3 Å². The number of pyridine rings is 1. The molecule has 0 unspecified atom stereocenters. The molecule has 9 heavy (non-hydrogen) atoms. The molecule has 0 aliphatic rings. The molecule has 0 aliphatic heterocycles. The third-order valence-corrected chi connectivity index (χ3v) is 1.16. The SMILES string of the molecule is Nc1cc(Cl)cc[n+]1O. The summed E-state index contributed by atoms with van der Waals surface area (Å²) in [5.74, 6) is 0.225. The van der Waals surface area contributed by atoms with E-state index in [1.54, 1.807) is 0 Å². The summed E-state index contributed by atoms with van der Waals surface area (Å²) in [5.41, 5.74) is 5.25. The van der Waals surface area contributed by atoms with Crippen LogP contribution in [0.15, 0.2) is 18.3 Å². The summed E-state index contributed by atoms with van der Waals surface area (Å²) in [6.45, 7) is 0. The summed E-state index contributed by atoms with van der Waals surface area (Å²) >= 11 is 5.51. The molecule has 0 spiro atoms. The molecule has 1 rings (SSSR count). The van der Waals surface area contributed by atoms with Crippen LogP contribution in [0.4, 0.5) is 5.82 Å². The van der Waals surface area contributed by atoms with Crippen LogP contribution in [-0.2, 0) is 0 Å². The van der Waals surface area contributed by atoms with Gasteiger partial charge in [0.15, 0.2) is 0 Å². The Morgan fingerprint density at radius 1 is 1.67 bits per heavy atom. The number of rotatable bonds is 0. The first-order chi connectivity index (χ1) is 4.20. The normalized spacial score (nSPS) is 9.44. The van der Waals surface area contributed by atoms with Gasteiger partial charge < -0.3 is 5.21 Å². The van der Waals surface area contributed by atoms with Gasteiger partial charge in [-0.2, -0.15) is 0 Å². The fraction of sp³-hybridized carbons (Fsp3) is 0. The van der Waals surface area contributed by atoms with Crippen LogP contribution in [0.1, 0.15) is 0 Å². The van der Waals surface area contributed by atoms with Crippen molar-refractivity contribution in [3.05, 3.63) is 23.4 Å². The van der Waals surface area contributed by atoms with Gasteiger partial charge in [0.05, 0.1) is 5.02 Å². The average Bonchev–Trinajstić information content (AvgIpc) is 1.80. The first kappa shape index (κ1) is 6.16. The minimum absolute atomic E-state index is 0.225. The van der Waals surface area contributed by atoms with Crippen LogP contribution >= 0.6 is 11.6 Å². The summed E-state index contributed by atoms with van der Waals surface area (Å²) in [4.78, 5) is 0. The van der Waals surface area contributed by atoms with Gasteiger partial charge in [-0.25, -0.2) is 0 Å². The molecule has 0 fully saturated rings. The molecular formula is C5H6ClN2O+. The first-order valence-corrected chi connectivity index (χ1v) is 2.74. The van der Waals surface area contributed by atoms with Crippen molar-refractivity contribution in [2.24, 2.45) is 0 Å². The van der Waals surface area contributed by atoms with E-state index in [1.807, 2.05) is 0 Å². The quantitative estimate of drug-likeness (QED) is 0.411. The Hall–Kier alpha value is -0.960. The van der Waals surface area contributed by atoms with E-state index in [2.05, 4.69) is 0 Å². The average molecular weight is 146 g/mol. The molecule has 0 bridgehead atoms. The third-order valence-electron chi connectivity index (χ3n) is 0.925. The van der Waals surface area contributed by atoms with Crippen LogP contribution in [-0.4, -0.2) is 5.21 Å². The highest BCUT2D eigenvalue weighted by Gasteiger charge is 1.99. The van der Waals surface area contributed by atoms with E-state index >= 15 is 0 Å². The highest BCUT2D eigenvalue weighted by atomic mass is 35.5. The van der Waals surface area contributed by atoms with Crippen LogP contribution in [0.25, 0.3) is 0 Å². The molecule has 0 aliphatic carbocycles. The molecule has 1 aromatic rings. The second-order valence-electron chi connectivity index (χ2n) is 1.61. The van der Waals surface area contributed by atoms with Gasteiger partial charge in [0.1, 0.15) is 6.20 Å². The maximum atomic E-state index is 8.78. The Morgan fingerprint density at radius 2 is 2.33 bits per heavy atom. The Labute approximate surface area is 57.3 Å². The third kappa shape index (κ3) is 1.23. The lowest BCUT2D eigenvalue weighted by Gasteiger charge is -1.90. The summed E-state index contributed by atoms with van der Waals surface area (Å²) < 4.78 is 0.797. The number of nitrogens with two attached hydrogens (primary N) is 1. The van der Waals surface area contributed by atoms with Gasteiger partial charge in [0.2, 0.25) is 0 Å². The van der Waals surface area contributed by atoms with Gasteiger partial charge in [0, 0.05) is 12.1 Å². The number of hydrogen-bond donors (Lipinski definition) is 2. The number of nitrogen functional groups attached to an aromatic ring is 1. The summed E-state index contributed by atoms with van der Waals surface area (Å²) in [5, 5.41) is 9.29. The summed E-state index contributed by atoms with van der Waals surface area (Å²) in [6.07, 6.45) is 1.37. The number of nitrogens with zero attached hydrogens (tertiary/aromatic N) is 1. The lowest BCUT2D eigenvalue weighted by Crippen LogP contribution is -2.32. The number of aromatic nitrogens is 1. The zero-order valence-corrected chi connectivity index (χ0v) is 5.34. The molecule has 3 nitrogen and oxygen atoms in total. The predicted octanol–water partition coefficient (Wildman–Crippen LogP) is 0.447. The van der Waals surface area contributed by atoms with Crippen molar-refractivity contribution < 1.29 is 9.94 Å². The zero-order valence-electron chi connectivity index (χ0n) is 4.58. The van der Waals surface area contributed by atoms with Crippen molar-refractivity contribution in [1.82, 2.24) is 0 Å². The second-order valence-corrected chi connectivity index (χ2v) is 2.05. The number of hydrogen-bond acceptors (Lipinski definition) is 2. The van der Waals surface area contributed by atoms with E-state index in [-0.39, 0.29) is 5.82 Å². The molecule has 0 atom stereocenters. The maximum absolute atomic E-state index is 8.78. The monoisotopic (exact) mass is 145 g/mol. The van der Waals surface area contributed by atoms with Crippen molar-refractivity contribution in [3.8, 4) is 0 Å². The highest BCUT2D eigenvalue weighted by Crippen LogP contribution is 2.06. The summed E-state index contributed by atoms with van der Waals surface area (Å²) in [6, 6.07) is 3.00. The van der Waals surface area contributed by atoms with Gasteiger partial charge >= 0.3 is 5.82 Å². The molecule has 4 heteroatoms. The fourth-order valence-corrected chi connectivity index (χ4v) is 0.652. The van der Waals surface area contributed by atoms with Crippen LogP contribution < -0.4 is 10.5 Å². The van der Waals surface area contributed by atoms with Crippen LogP contribution in [0.3, 0.4) is 0 Å². The molecule has 3 N–H and O–H groups in total. The summed E-state index contributed by atoms with van der Waals surface area (Å²) in [7, 11) is 0. The lowest BCUT2D eigenvalue weighted by atomic mass is 10.5. The van der Waals surface area contributed by atoms with Crippen molar-refractivity contribution in [2.45, 2.75) is 0 Å². The van der Waals surface area contributed by atoms with Crippen LogP contribution in [0.5, 0.6) is 0 Å². The Bertz CT molecular complexity index is 226. The Morgan fingerprint density at radius 3 is 2.78 bits per heavy atom. The second kappa shape index (κ2) is 2.11. The van der Waals surface area contributed by atoms with Crippen molar-refractivity contribution >= 4 is 17.4 Å². The lowest BCUT2D eigenvalue weighted by molar-refractivity contribution is -0.893. The van der Waals surface area contributed by atoms with Crippen molar-refractivity contribution in [3.63, 3.8) is 0 Å². The van der Waals surface area contributed by atoms with E-state index in [1.165, 1.54) is 18.3 Å². The molecule has 1 aromatic heterocycles. The van der Waals surface area contributed by atoms with Gasteiger partial charge in [-0.05, 0) is 0 Å². The molecule has 48 valence electrons. The van der Waals surface area contributed by atoms with Crippen LogP contribution in [0.2, 0.25) is 5.02 Å². The standard InChI is InChI=1S/C5H5ClN2O/c6-4-1-2-8(9)5(7)3-4/h1-3,7,9H/p+1. The van der Waals surface area contributed by atoms with Crippen molar-refractivity contribution in [1.29, 1.82) is 0 Å². The number of halogens is 1. The van der Waals surface area contributed by atoms with Gasteiger partial charge in [-0.3, -0.25) is 5.73 Å². The first-order valence-electron chi connectivity index (χ1n) is 2.36. The van der Waals surface area contributed by atoms with E-state index in [9.17, 15) is 0 Å². The molecule has 0 aromatic carbocycles. The van der Waals surface area contributed by atoms with E-state index in [4.69, 9.17) is 22.5 Å². The molecule has 1 heterocycles. The fourth-order valence-electron chi connectivity index (χ4n) is 0.483. The Kier molecular flexibility index (Phi) is 1.44. The van der Waals surface area contributed by atoms with E-state index < -0.39 is 0 Å². The largest absolute Gasteiger partial charge is 0.350 e. The molecule has 0 amide bonds. The van der Waals surface area contributed by atoms with Crippen molar-refractivity contribution in [2.75, 3.05) is 5.73 Å². The predicted molar refractivity (Wildman–Crippen MR) is 33.2 cm³/mol. The minimum Gasteiger partial charge on any atom is -0.350 e. The van der Waals surface area contributed by atoms with Gasteiger partial charge in [0.25, 0.3) is 0 Å². The molecule has 0 saturated heterocycles. The smallest absolute Gasteiger partial charge is 0.313 e. The minimum atomic E-state index is 0.225. The topological polar surface area (TPSA) is 50.1 Å². The zero-order chi connectivity index (χ0) is 6.85. The maximum Gasteiger partial charge on any atom is 0.313 e. The number of anilines is 1. The van der Waals surface area contributed by atoms with Gasteiger partial charge in [-0.15, -0.1) is 0 Å². The highest BCUT2D eigenvalue weighted by molar-refractivity contribution is 6.30.